The Morgan fingerprint density at radius 3 is 1.55 bits per heavy atom. The van der Waals surface area contributed by atoms with E-state index in [9.17, 15) is 9.59 Å². The maximum absolute atomic E-state index is 12.9. The lowest BCUT2D eigenvalue weighted by molar-refractivity contribution is -0.163. The van der Waals surface area contributed by atoms with Crippen molar-refractivity contribution in [2.24, 2.45) is 35.5 Å². The van der Waals surface area contributed by atoms with Crippen LogP contribution in [0, 0.1) is 35.5 Å². The van der Waals surface area contributed by atoms with Crippen LogP contribution in [-0.4, -0.2) is 25.2 Å². The molecule has 1 saturated carbocycles. The summed E-state index contributed by atoms with van der Waals surface area (Å²) in [5, 5.41) is 0. The Morgan fingerprint density at radius 1 is 0.793 bits per heavy atom. The molecule has 4 heteroatoms. The first-order valence-corrected chi connectivity index (χ1v) is 12.1. The molecule has 0 N–H and O–H groups in total. The molecular weight excluding hydrogens is 364 g/mol. The molecule has 0 aromatic rings. The van der Waals surface area contributed by atoms with Gasteiger partial charge in [0.05, 0.1) is 25.0 Å². The van der Waals surface area contributed by atoms with Gasteiger partial charge in [0.15, 0.2) is 0 Å². The van der Waals surface area contributed by atoms with E-state index in [1.165, 1.54) is 12.8 Å². The van der Waals surface area contributed by atoms with E-state index in [1.54, 1.807) is 0 Å². The Bertz CT molecular complexity index is 495. The van der Waals surface area contributed by atoms with Crippen LogP contribution < -0.4 is 0 Å². The molecule has 0 aliphatic heterocycles. The number of rotatable bonds is 14. The van der Waals surface area contributed by atoms with E-state index >= 15 is 0 Å². The zero-order chi connectivity index (χ0) is 21.2. The van der Waals surface area contributed by atoms with E-state index in [1.807, 2.05) is 0 Å². The monoisotopic (exact) mass is 406 g/mol. The highest BCUT2D eigenvalue weighted by atomic mass is 16.5. The fraction of sp³-hybridized carbons (Fsp3) is 0.840. The number of ether oxygens (including phenoxy) is 2. The van der Waals surface area contributed by atoms with Crippen molar-refractivity contribution in [1.82, 2.24) is 0 Å². The van der Waals surface area contributed by atoms with Crippen LogP contribution in [-0.2, 0) is 19.1 Å². The lowest BCUT2D eigenvalue weighted by Gasteiger charge is -2.26. The van der Waals surface area contributed by atoms with Gasteiger partial charge in [-0.1, -0.05) is 78.4 Å². The maximum atomic E-state index is 12.9. The highest BCUT2D eigenvalue weighted by Crippen LogP contribution is 2.49. The summed E-state index contributed by atoms with van der Waals surface area (Å²) in [5.41, 5.74) is 0. The van der Waals surface area contributed by atoms with E-state index in [0.717, 1.165) is 44.9 Å². The summed E-state index contributed by atoms with van der Waals surface area (Å²) in [5.74, 6) is -0.0300. The fourth-order valence-corrected chi connectivity index (χ4v) is 4.85. The van der Waals surface area contributed by atoms with Gasteiger partial charge in [-0.2, -0.15) is 0 Å². The molecule has 0 saturated heterocycles. The Balaban J connectivity index is 1.91. The van der Waals surface area contributed by atoms with Crippen molar-refractivity contribution in [3.05, 3.63) is 12.2 Å². The second-order valence-corrected chi connectivity index (χ2v) is 9.09. The van der Waals surface area contributed by atoms with Gasteiger partial charge in [-0.25, -0.2) is 0 Å². The predicted molar refractivity (Wildman–Crippen MR) is 116 cm³/mol. The standard InChI is InChI=1S/C25H42O4/c1-5-9-11-18(7-3)16-28-24(26)22-20-13-14-21(15-20)23(22)25(27)29-17-19(8-4)12-10-6-2/h13-14,18-23H,5-12,15-17H2,1-4H3/t18?,19?,20-,21+,22-,23-/m0/s1. The largest absolute Gasteiger partial charge is 0.465 e. The van der Waals surface area contributed by atoms with E-state index in [4.69, 9.17) is 9.47 Å². The molecule has 2 bridgehead atoms. The number of carbonyl (C=O) groups is 2. The topological polar surface area (TPSA) is 52.6 Å². The number of allylic oxidation sites excluding steroid dienone is 2. The average Bonchev–Trinajstić information content (AvgIpc) is 3.35. The minimum Gasteiger partial charge on any atom is -0.465 e. The van der Waals surface area contributed by atoms with Crippen molar-refractivity contribution in [3.63, 3.8) is 0 Å². The van der Waals surface area contributed by atoms with Gasteiger partial charge in [0.1, 0.15) is 0 Å². The normalized spacial score (nSPS) is 27.0. The minimum atomic E-state index is -0.364. The first-order chi connectivity index (χ1) is 14.0. The van der Waals surface area contributed by atoms with Crippen LogP contribution in [0.1, 0.15) is 85.5 Å². The summed E-state index contributed by atoms with van der Waals surface area (Å²) < 4.78 is 11.5. The zero-order valence-corrected chi connectivity index (χ0v) is 19.0. The molecule has 0 radical (unpaired) electrons. The van der Waals surface area contributed by atoms with Crippen molar-refractivity contribution in [2.45, 2.75) is 85.5 Å². The molecule has 0 amide bonds. The molecule has 2 rings (SSSR count). The van der Waals surface area contributed by atoms with Crippen molar-refractivity contribution < 1.29 is 19.1 Å². The molecular formula is C25H42O4. The third kappa shape index (κ3) is 6.58. The number of esters is 2. The van der Waals surface area contributed by atoms with Gasteiger partial charge in [-0.05, 0) is 42.9 Å². The molecule has 2 unspecified atom stereocenters. The van der Waals surface area contributed by atoms with Crippen LogP contribution in [0.15, 0.2) is 12.2 Å². The summed E-state index contributed by atoms with van der Waals surface area (Å²) in [6.45, 7) is 9.62. The predicted octanol–water partition coefficient (Wildman–Crippen LogP) is 5.94. The zero-order valence-electron chi connectivity index (χ0n) is 19.0. The highest BCUT2D eigenvalue weighted by Gasteiger charge is 2.53. The number of fused-ring (bicyclic) bond motifs is 2. The molecule has 2 aliphatic rings. The first-order valence-electron chi connectivity index (χ1n) is 12.1. The van der Waals surface area contributed by atoms with Gasteiger partial charge in [-0.3, -0.25) is 9.59 Å². The Hall–Kier alpha value is -1.32. The Labute approximate surface area is 177 Å². The summed E-state index contributed by atoms with van der Waals surface area (Å²) in [7, 11) is 0. The van der Waals surface area contributed by atoms with Gasteiger partial charge in [0.2, 0.25) is 0 Å². The molecule has 0 aromatic heterocycles. The van der Waals surface area contributed by atoms with E-state index in [-0.39, 0.29) is 35.6 Å². The molecule has 0 heterocycles. The van der Waals surface area contributed by atoms with Crippen LogP contribution in [0.4, 0.5) is 0 Å². The van der Waals surface area contributed by atoms with Crippen LogP contribution in [0.5, 0.6) is 0 Å². The summed E-state index contributed by atoms with van der Waals surface area (Å²) in [4.78, 5) is 25.8. The minimum absolute atomic E-state index is 0.128. The molecule has 0 spiro atoms. The number of unbranched alkanes of at least 4 members (excludes halogenated alkanes) is 2. The Kier molecular flexibility index (Phi) is 10.2. The van der Waals surface area contributed by atoms with E-state index in [2.05, 4.69) is 39.8 Å². The maximum Gasteiger partial charge on any atom is 0.310 e. The second-order valence-electron chi connectivity index (χ2n) is 9.09. The summed E-state index contributed by atoms with van der Waals surface area (Å²) in [6.07, 6.45) is 14.0. The van der Waals surface area contributed by atoms with Crippen molar-refractivity contribution in [3.8, 4) is 0 Å². The van der Waals surface area contributed by atoms with E-state index in [0.29, 0.717) is 25.0 Å². The molecule has 0 aromatic carbocycles. The van der Waals surface area contributed by atoms with E-state index < -0.39 is 0 Å². The molecule has 1 fully saturated rings. The smallest absolute Gasteiger partial charge is 0.310 e. The number of hydrogen-bond acceptors (Lipinski definition) is 4. The third-order valence-electron chi connectivity index (χ3n) is 7.01. The highest BCUT2D eigenvalue weighted by molar-refractivity contribution is 5.84. The summed E-state index contributed by atoms with van der Waals surface area (Å²) >= 11 is 0. The lowest BCUT2D eigenvalue weighted by atomic mass is 9.83. The van der Waals surface area contributed by atoms with Crippen molar-refractivity contribution in [2.75, 3.05) is 13.2 Å². The average molecular weight is 407 g/mol. The van der Waals surface area contributed by atoms with Gasteiger partial charge >= 0.3 is 11.9 Å². The van der Waals surface area contributed by atoms with Gasteiger partial charge in [0.25, 0.3) is 0 Å². The molecule has 4 nitrogen and oxygen atoms in total. The lowest BCUT2D eigenvalue weighted by Crippen LogP contribution is -2.36. The summed E-state index contributed by atoms with van der Waals surface area (Å²) in [6, 6.07) is 0. The van der Waals surface area contributed by atoms with Gasteiger partial charge in [-0.15, -0.1) is 0 Å². The molecule has 166 valence electrons. The van der Waals surface area contributed by atoms with Crippen molar-refractivity contribution in [1.29, 1.82) is 0 Å². The quantitative estimate of drug-likeness (QED) is 0.264. The Morgan fingerprint density at radius 2 is 1.21 bits per heavy atom. The van der Waals surface area contributed by atoms with Crippen LogP contribution in [0.2, 0.25) is 0 Å². The van der Waals surface area contributed by atoms with Gasteiger partial charge < -0.3 is 9.47 Å². The van der Waals surface area contributed by atoms with Crippen LogP contribution in [0.3, 0.4) is 0 Å². The third-order valence-corrected chi connectivity index (χ3v) is 7.01. The number of hydrogen-bond donors (Lipinski definition) is 0. The molecule has 2 aliphatic carbocycles. The SMILES string of the molecule is CCCCC(CC)COC(=O)[C@@H]1[C@@H](C(=O)OCC(CC)CCCC)[C@H]2C=C[C@@H]1C2. The number of carbonyl (C=O) groups excluding carboxylic acids is 2. The van der Waals surface area contributed by atoms with Gasteiger partial charge in [0, 0.05) is 0 Å². The molecule has 6 atom stereocenters. The molecule has 29 heavy (non-hydrogen) atoms. The van der Waals surface area contributed by atoms with Crippen LogP contribution in [0.25, 0.3) is 0 Å². The first kappa shape index (κ1) is 24.0. The fourth-order valence-electron chi connectivity index (χ4n) is 4.85. The van der Waals surface area contributed by atoms with Crippen molar-refractivity contribution >= 4 is 11.9 Å². The van der Waals surface area contributed by atoms with Crippen LogP contribution >= 0.6 is 0 Å². The second kappa shape index (κ2) is 12.4.